The maximum Gasteiger partial charge on any atom is 0.319 e. The normalized spacial score (nSPS) is 10.3. The van der Waals surface area contributed by atoms with Gasteiger partial charge in [-0.2, -0.15) is 4.68 Å². The molecule has 0 bridgehead atoms. The van der Waals surface area contributed by atoms with Crippen LogP contribution in [0.25, 0.3) is 5.69 Å². The SMILES string of the molecule is CCOc1ccc(-n2nnnc2CNC(=O)Nc2ccccc2)cc1. The predicted octanol–water partition coefficient (Wildman–Crippen LogP) is 2.38. The number of hydrogen-bond donors (Lipinski definition) is 2. The maximum atomic E-state index is 12.0. The molecule has 0 saturated carbocycles. The molecule has 0 saturated heterocycles. The summed E-state index contributed by atoms with van der Waals surface area (Å²) in [6, 6.07) is 16.3. The molecule has 2 aromatic carbocycles. The van der Waals surface area contributed by atoms with Crippen LogP contribution in [0.4, 0.5) is 10.5 Å². The first-order valence-electron chi connectivity index (χ1n) is 7.86. The summed E-state index contributed by atoms with van der Waals surface area (Å²) in [7, 11) is 0. The van der Waals surface area contributed by atoms with Gasteiger partial charge in [0.15, 0.2) is 5.82 Å². The van der Waals surface area contributed by atoms with Crippen molar-refractivity contribution in [3.05, 3.63) is 60.4 Å². The number of urea groups is 1. The van der Waals surface area contributed by atoms with Crippen molar-refractivity contribution in [2.75, 3.05) is 11.9 Å². The van der Waals surface area contributed by atoms with Gasteiger partial charge in [-0.3, -0.25) is 0 Å². The number of nitrogens with one attached hydrogen (secondary N) is 2. The average Bonchev–Trinajstić information content (AvgIpc) is 3.10. The molecule has 3 rings (SSSR count). The van der Waals surface area contributed by atoms with Crippen LogP contribution in [-0.2, 0) is 6.54 Å². The molecular formula is C17H18N6O2. The van der Waals surface area contributed by atoms with Crippen molar-refractivity contribution in [1.29, 1.82) is 0 Å². The molecule has 25 heavy (non-hydrogen) atoms. The van der Waals surface area contributed by atoms with Crippen LogP contribution in [-0.4, -0.2) is 32.8 Å². The van der Waals surface area contributed by atoms with Crippen molar-refractivity contribution in [3.8, 4) is 11.4 Å². The van der Waals surface area contributed by atoms with Gasteiger partial charge in [-0.1, -0.05) is 18.2 Å². The number of para-hydroxylation sites is 1. The Morgan fingerprint density at radius 2 is 1.88 bits per heavy atom. The summed E-state index contributed by atoms with van der Waals surface area (Å²) in [6.07, 6.45) is 0. The highest BCUT2D eigenvalue weighted by Crippen LogP contribution is 2.15. The van der Waals surface area contributed by atoms with Crippen molar-refractivity contribution in [2.24, 2.45) is 0 Å². The summed E-state index contributed by atoms with van der Waals surface area (Å²) in [5, 5.41) is 17.1. The van der Waals surface area contributed by atoms with Crippen molar-refractivity contribution in [1.82, 2.24) is 25.5 Å². The van der Waals surface area contributed by atoms with Crippen LogP contribution in [0.3, 0.4) is 0 Å². The summed E-state index contributed by atoms with van der Waals surface area (Å²) < 4.78 is 6.99. The number of aromatic nitrogens is 4. The first-order chi connectivity index (χ1) is 12.3. The van der Waals surface area contributed by atoms with Crippen LogP contribution in [0.5, 0.6) is 5.75 Å². The van der Waals surface area contributed by atoms with Gasteiger partial charge in [-0.05, 0) is 53.7 Å². The van der Waals surface area contributed by atoms with Crippen LogP contribution < -0.4 is 15.4 Å². The van der Waals surface area contributed by atoms with E-state index >= 15 is 0 Å². The largest absolute Gasteiger partial charge is 0.494 e. The average molecular weight is 338 g/mol. The molecule has 3 aromatic rings. The standard InChI is InChI=1S/C17H18N6O2/c1-2-25-15-10-8-14(9-11-15)23-16(20-21-22-23)12-18-17(24)19-13-6-4-3-5-7-13/h3-11H,2,12H2,1H3,(H2,18,19,24). The van der Waals surface area contributed by atoms with E-state index < -0.39 is 0 Å². The van der Waals surface area contributed by atoms with E-state index in [4.69, 9.17) is 4.74 Å². The fraction of sp³-hybridized carbons (Fsp3) is 0.176. The fourth-order valence-electron chi connectivity index (χ4n) is 2.22. The van der Waals surface area contributed by atoms with Gasteiger partial charge in [-0.25, -0.2) is 4.79 Å². The van der Waals surface area contributed by atoms with Gasteiger partial charge in [0, 0.05) is 5.69 Å². The van der Waals surface area contributed by atoms with Crippen molar-refractivity contribution in [3.63, 3.8) is 0 Å². The Labute approximate surface area is 144 Å². The lowest BCUT2D eigenvalue weighted by Gasteiger charge is -2.08. The zero-order chi connectivity index (χ0) is 17.5. The van der Waals surface area contributed by atoms with E-state index in [1.54, 1.807) is 4.68 Å². The number of hydrogen-bond acceptors (Lipinski definition) is 5. The van der Waals surface area contributed by atoms with Crippen LogP contribution in [0, 0.1) is 0 Å². The zero-order valence-electron chi connectivity index (χ0n) is 13.7. The minimum Gasteiger partial charge on any atom is -0.494 e. The smallest absolute Gasteiger partial charge is 0.319 e. The Kier molecular flexibility index (Phi) is 5.20. The molecule has 0 atom stereocenters. The summed E-state index contributed by atoms with van der Waals surface area (Å²) in [5.74, 6) is 1.30. The van der Waals surface area contributed by atoms with Crippen LogP contribution in [0.1, 0.15) is 12.7 Å². The second-order valence-corrected chi connectivity index (χ2v) is 5.11. The second kappa shape index (κ2) is 7.91. The van der Waals surface area contributed by atoms with E-state index in [0.717, 1.165) is 11.4 Å². The quantitative estimate of drug-likeness (QED) is 0.720. The third-order valence-corrected chi connectivity index (χ3v) is 3.37. The molecule has 0 spiro atoms. The molecule has 0 aliphatic rings. The fourth-order valence-corrected chi connectivity index (χ4v) is 2.22. The molecule has 1 aromatic heterocycles. The summed E-state index contributed by atoms with van der Waals surface area (Å²) in [5.41, 5.74) is 1.50. The molecule has 0 unspecified atom stereocenters. The second-order valence-electron chi connectivity index (χ2n) is 5.11. The van der Waals surface area contributed by atoms with Crippen LogP contribution in [0.15, 0.2) is 54.6 Å². The Morgan fingerprint density at radius 3 is 2.60 bits per heavy atom. The van der Waals surface area contributed by atoms with Crippen LogP contribution >= 0.6 is 0 Å². The summed E-state index contributed by atoms with van der Waals surface area (Å²) >= 11 is 0. The van der Waals surface area contributed by atoms with Crippen LogP contribution in [0.2, 0.25) is 0 Å². The van der Waals surface area contributed by atoms with E-state index in [0.29, 0.717) is 18.1 Å². The van der Waals surface area contributed by atoms with Gasteiger partial charge in [0.25, 0.3) is 0 Å². The molecular weight excluding hydrogens is 320 g/mol. The van der Waals surface area contributed by atoms with E-state index in [1.165, 1.54) is 0 Å². The van der Waals surface area contributed by atoms with E-state index in [1.807, 2.05) is 61.5 Å². The lowest BCUT2D eigenvalue weighted by Crippen LogP contribution is -2.29. The Bertz CT molecular complexity index is 817. The molecule has 1 heterocycles. The number of anilines is 1. The monoisotopic (exact) mass is 338 g/mol. The molecule has 8 heteroatoms. The first kappa shape index (κ1) is 16.4. The summed E-state index contributed by atoms with van der Waals surface area (Å²) in [4.78, 5) is 12.0. The maximum absolute atomic E-state index is 12.0. The third kappa shape index (κ3) is 4.31. The third-order valence-electron chi connectivity index (χ3n) is 3.37. The number of rotatable bonds is 6. The lowest BCUT2D eigenvalue weighted by atomic mass is 10.3. The zero-order valence-corrected chi connectivity index (χ0v) is 13.7. The summed E-state index contributed by atoms with van der Waals surface area (Å²) in [6.45, 7) is 2.73. The topological polar surface area (TPSA) is 94.0 Å². The Hall–Kier alpha value is -3.42. The highest BCUT2D eigenvalue weighted by Gasteiger charge is 2.10. The number of ether oxygens (including phenoxy) is 1. The van der Waals surface area contributed by atoms with Gasteiger partial charge in [0.2, 0.25) is 0 Å². The highest BCUT2D eigenvalue weighted by atomic mass is 16.5. The molecule has 128 valence electrons. The Morgan fingerprint density at radius 1 is 1.12 bits per heavy atom. The first-order valence-corrected chi connectivity index (χ1v) is 7.86. The number of benzene rings is 2. The molecule has 2 N–H and O–H groups in total. The molecule has 8 nitrogen and oxygen atoms in total. The number of carbonyl (C=O) groups excluding carboxylic acids is 1. The molecule has 0 radical (unpaired) electrons. The minimum atomic E-state index is -0.326. The molecule has 0 aliphatic carbocycles. The number of tetrazole rings is 1. The number of carbonyl (C=O) groups is 1. The molecule has 0 fully saturated rings. The van der Waals surface area contributed by atoms with Gasteiger partial charge >= 0.3 is 6.03 Å². The minimum absolute atomic E-state index is 0.193. The van der Waals surface area contributed by atoms with E-state index in [2.05, 4.69) is 26.2 Å². The number of nitrogens with zero attached hydrogens (tertiary/aromatic N) is 4. The van der Waals surface area contributed by atoms with E-state index in [9.17, 15) is 4.79 Å². The van der Waals surface area contributed by atoms with Crippen molar-refractivity contribution < 1.29 is 9.53 Å². The molecule has 2 amide bonds. The van der Waals surface area contributed by atoms with Gasteiger partial charge in [-0.15, -0.1) is 5.10 Å². The molecule has 0 aliphatic heterocycles. The highest BCUT2D eigenvalue weighted by molar-refractivity contribution is 5.89. The van der Waals surface area contributed by atoms with Gasteiger partial charge in [0.05, 0.1) is 18.8 Å². The van der Waals surface area contributed by atoms with E-state index in [-0.39, 0.29) is 12.6 Å². The lowest BCUT2D eigenvalue weighted by molar-refractivity contribution is 0.251. The van der Waals surface area contributed by atoms with Gasteiger partial charge in [0.1, 0.15) is 5.75 Å². The Balaban J connectivity index is 1.62. The predicted molar refractivity (Wildman–Crippen MR) is 92.6 cm³/mol. The van der Waals surface area contributed by atoms with Gasteiger partial charge < -0.3 is 15.4 Å². The van der Waals surface area contributed by atoms with Crippen molar-refractivity contribution >= 4 is 11.7 Å². The number of amides is 2. The van der Waals surface area contributed by atoms with Crippen molar-refractivity contribution in [2.45, 2.75) is 13.5 Å².